The van der Waals surface area contributed by atoms with Gasteiger partial charge in [-0.25, -0.2) is 4.98 Å². The molecular formula is C10H15Cl2N3. The highest BCUT2D eigenvalue weighted by Crippen LogP contribution is 2.31. The Balaban J connectivity index is 3.18. The Bertz CT molecular complexity index is 353. The van der Waals surface area contributed by atoms with Crippen LogP contribution in [0.4, 0.5) is 11.6 Å². The van der Waals surface area contributed by atoms with Crippen LogP contribution in [0.2, 0.25) is 10.0 Å². The second-order valence-electron chi connectivity index (χ2n) is 3.58. The van der Waals surface area contributed by atoms with Crippen LogP contribution < -0.4 is 10.2 Å². The number of hydrogen-bond acceptors (Lipinski definition) is 3. The molecule has 1 N–H and O–H groups in total. The maximum absolute atomic E-state index is 6.08. The first-order valence-corrected chi connectivity index (χ1v) is 5.49. The Hall–Kier alpha value is -0.670. The van der Waals surface area contributed by atoms with Crippen LogP contribution in [0.1, 0.15) is 13.8 Å². The average Bonchev–Trinajstić information content (AvgIpc) is 2.17. The summed E-state index contributed by atoms with van der Waals surface area (Å²) >= 11 is 12.0. The fourth-order valence-corrected chi connectivity index (χ4v) is 1.71. The fraction of sp³-hybridized carbons (Fsp3) is 0.500. The van der Waals surface area contributed by atoms with E-state index < -0.39 is 0 Å². The van der Waals surface area contributed by atoms with Crippen LogP contribution in [0.3, 0.4) is 0 Å². The minimum absolute atomic E-state index is 0.334. The molecule has 0 atom stereocenters. The molecule has 0 amide bonds. The third-order valence-corrected chi connectivity index (χ3v) is 2.82. The molecule has 3 nitrogen and oxygen atoms in total. The van der Waals surface area contributed by atoms with Crippen LogP contribution in [0, 0.1) is 0 Å². The molecule has 0 spiro atoms. The molecule has 1 aromatic heterocycles. The zero-order valence-corrected chi connectivity index (χ0v) is 10.8. The van der Waals surface area contributed by atoms with Gasteiger partial charge in [0.1, 0.15) is 11.6 Å². The molecular weight excluding hydrogens is 233 g/mol. The normalized spacial score (nSPS) is 10.6. The van der Waals surface area contributed by atoms with Crippen molar-refractivity contribution in [3.05, 3.63) is 16.1 Å². The summed E-state index contributed by atoms with van der Waals surface area (Å²) in [6, 6.07) is 2.04. The van der Waals surface area contributed by atoms with Crippen molar-refractivity contribution in [3.8, 4) is 0 Å². The Kier molecular flexibility index (Phi) is 4.05. The van der Waals surface area contributed by atoms with Gasteiger partial charge in [-0.05, 0) is 19.9 Å². The molecule has 1 aromatic rings. The van der Waals surface area contributed by atoms with Gasteiger partial charge >= 0.3 is 0 Å². The quantitative estimate of drug-likeness (QED) is 0.889. The number of hydrogen-bond donors (Lipinski definition) is 1. The van der Waals surface area contributed by atoms with Crippen molar-refractivity contribution < 1.29 is 0 Å². The Morgan fingerprint density at radius 1 is 1.33 bits per heavy atom. The van der Waals surface area contributed by atoms with E-state index in [1.807, 2.05) is 11.9 Å². The highest BCUT2D eigenvalue weighted by molar-refractivity contribution is 6.37. The van der Waals surface area contributed by atoms with E-state index in [2.05, 4.69) is 24.1 Å². The standard InChI is InChI=1S/C10H15Cl2N3/c1-6(2)15(4)10-8(12)5-7(11)9(13-3)14-10/h5-6H,1-4H3,(H,13,14). The lowest BCUT2D eigenvalue weighted by Gasteiger charge is -2.24. The zero-order valence-electron chi connectivity index (χ0n) is 9.31. The van der Waals surface area contributed by atoms with Crippen LogP contribution in [0.25, 0.3) is 0 Å². The van der Waals surface area contributed by atoms with Crippen LogP contribution in [-0.2, 0) is 0 Å². The van der Waals surface area contributed by atoms with Gasteiger partial charge in [-0.1, -0.05) is 23.2 Å². The predicted octanol–water partition coefficient (Wildman–Crippen LogP) is 3.27. The molecule has 0 unspecified atom stereocenters. The van der Waals surface area contributed by atoms with Gasteiger partial charge in [0, 0.05) is 20.1 Å². The Labute approximate surface area is 100 Å². The summed E-state index contributed by atoms with van der Waals surface area (Å²) in [5.74, 6) is 1.38. The number of nitrogens with zero attached hydrogens (tertiary/aromatic N) is 2. The van der Waals surface area contributed by atoms with E-state index in [4.69, 9.17) is 23.2 Å². The van der Waals surface area contributed by atoms with Gasteiger partial charge < -0.3 is 10.2 Å². The minimum Gasteiger partial charge on any atom is -0.372 e. The summed E-state index contributed by atoms with van der Waals surface area (Å²) in [4.78, 5) is 6.36. The molecule has 0 aliphatic carbocycles. The summed E-state index contributed by atoms with van der Waals surface area (Å²) in [5.41, 5.74) is 0. The van der Waals surface area contributed by atoms with Crippen molar-refractivity contribution in [1.29, 1.82) is 0 Å². The van der Waals surface area contributed by atoms with E-state index in [1.54, 1.807) is 13.1 Å². The monoisotopic (exact) mass is 247 g/mol. The van der Waals surface area contributed by atoms with E-state index in [9.17, 15) is 0 Å². The van der Waals surface area contributed by atoms with Crippen molar-refractivity contribution in [2.45, 2.75) is 19.9 Å². The van der Waals surface area contributed by atoms with Gasteiger partial charge in [0.15, 0.2) is 0 Å². The molecule has 0 aliphatic rings. The van der Waals surface area contributed by atoms with E-state index >= 15 is 0 Å². The molecule has 0 bridgehead atoms. The summed E-state index contributed by atoms with van der Waals surface area (Å²) in [6.07, 6.45) is 0. The van der Waals surface area contributed by atoms with Gasteiger partial charge in [-0.2, -0.15) is 0 Å². The van der Waals surface area contributed by atoms with Crippen molar-refractivity contribution >= 4 is 34.8 Å². The van der Waals surface area contributed by atoms with Crippen molar-refractivity contribution in [1.82, 2.24) is 4.98 Å². The molecule has 0 saturated carbocycles. The smallest absolute Gasteiger partial charge is 0.149 e. The Morgan fingerprint density at radius 2 is 1.93 bits per heavy atom. The largest absolute Gasteiger partial charge is 0.372 e. The highest BCUT2D eigenvalue weighted by atomic mass is 35.5. The third-order valence-electron chi connectivity index (χ3n) is 2.26. The van der Waals surface area contributed by atoms with Gasteiger partial charge in [-0.3, -0.25) is 0 Å². The molecule has 0 fully saturated rings. The van der Waals surface area contributed by atoms with E-state index in [0.717, 1.165) is 5.82 Å². The summed E-state index contributed by atoms with van der Waals surface area (Å²) in [5, 5.41) is 4.02. The number of aromatic nitrogens is 1. The van der Waals surface area contributed by atoms with Crippen molar-refractivity contribution in [2.24, 2.45) is 0 Å². The second kappa shape index (κ2) is 4.90. The summed E-state index contributed by atoms with van der Waals surface area (Å²) in [7, 11) is 3.73. The van der Waals surface area contributed by atoms with Crippen LogP contribution in [-0.4, -0.2) is 25.1 Å². The third kappa shape index (κ3) is 2.67. The lowest BCUT2D eigenvalue weighted by Crippen LogP contribution is -2.27. The average molecular weight is 248 g/mol. The number of anilines is 2. The zero-order chi connectivity index (χ0) is 11.6. The van der Waals surface area contributed by atoms with Crippen LogP contribution in [0.5, 0.6) is 0 Å². The fourth-order valence-electron chi connectivity index (χ4n) is 1.12. The maximum Gasteiger partial charge on any atom is 0.149 e. The highest BCUT2D eigenvalue weighted by Gasteiger charge is 2.13. The lowest BCUT2D eigenvalue weighted by atomic mass is 10.3. The van der Waals surface area contributed by atoms with Gasteiger partial charge in [0.2, 0.25) is 0 Å². The molecule has 84 valence electrons. The van der Waals surface area contributed by atoms with E-state index in [0.29, 0.717) is 21.9 Å². The van der Waals surface area contributed by atoms with Gasteiger partial charge in [-0.15, -0.1) is 0 Å². The molecule has 1 rings (SSSR count). The van der Waals surface area contributed by atoms with E-state index in [1.165, 1.54) is 0 Å². The number of halogens is 2. The minimum atomic E-state index is 0.334. The number of rotatable bonds is 3. The number of pyridine rings is 1. The Morgan fingerprint density at radius 3 is 2.40 bits per heavy atom. The van der Waals surface area contributed by atoms with Gasteiger partial charge in [0.05, 0.1) is 10.0 Å². The molecule has 5 heteroatoms. The molecule has 0 radical (unpaired) electrons. The summed E-state index contributed by atoms with van der Waals surface area (Å²) in [6.45, 7) is 4.15. The molecule has 0 saturated heterocycles. The summed E-state index contributed by atoms with van der Waals surface area (Å²) < 4.78 is 0. The lowest BCUT2D eigenvalue weighted by molar-refractivity contribution is 0.744. The van der Waals surface area contributed by atoms with Crippen molar-refractivity contribution in [2.75, 3.05) is 24.3 Å². The first-order valence-electron chi connectivity index (χ1n) is 4.74. The molecule has 15 heavy (non-hydrogen) atoms. The van der Waals surface area contributed by atoms with Gasteiger partial charge in [0.25, 0.3) is 0 Å². The topological polar surface area (TPSA) is 28.2 Å². The van der Waals surface area contributed by atoms with Crippen LogP contribution in [0.15, 0.2) is 6.07 Å². The number of nitrogens with one attached hydrogen (secondary N) is 1. The van der Waals surface area contributed by atoms with Crippen molar-refractivity contribution in [3.63, 3.8) is 0 Å². The molecule has 0 aliphatic heterocycles. The SMILES string of the molecule is CNc1nc(N(C)C(C)C)c(Cl)cc1Cl. The first kappa shape index (κ1) is 12.4. The predicted molar refractivity (Wildman–Crippen MR) is 67.3 cm³/mol. The first-order chi connectivity index (χ1) is 6.97. The maximum atomic E-state index is 6.08. The molecule has 0 aromatic carbocycles. The molecule has 1 heterocycles. The second-order valence-corrected chi connectivity index (χ2v) is 4.39. The van der Waals surface area contributed by atoms with Crippen LogP contribution >= 0.6 is 23.2 Å². The van der Waals surface area contributed by atoms with E-state index in [-0.39, 0.29) is 0 Å².